The molecule has 2 nitrogen and oxygen atoms in total. The maximum absolute atomic E-state index is 12.5. The Kier molecular flexibility index (Phi) is 4.84. The van der Waals surface area contributed by atoms with E-state index in [1.54, 1.807) is 0 Å². The summed E-state index contributed by atoms with van der Waals surface area (Å²) in [6, 6.07) is 0. The van der Waals surface area contributed by atoms with Gasteiger partial charge in [-0.2, -0.15) is 0 Å². The zero-order valence-electron chi connectivity index (χ0n) is 11.1. The summed E-state index contributed by atoms with van der Waals surface area (Å²) < 4.78 is 23.9. The predicted molar refractivity (Wildman–Crippen MR) is 66.9 cm³/mol. The Morgan fingerprint density at radius 1 is 0.933 bits per heavy atom. The van der Waals surface area contributed by atoms with E-state index in [2.05, 4.69) is 0 Å². The molecule has 0 amide bonds. The van der Waals surface area contributed by atoms with Gasteiger partial charge in [-0.3, -0.25) is 0 Å². The molecule has 0 spiro atoms. The van der Waals surface area contributed by atoms with Crippen LogP contribution in [0.3, 0.4) is 0 Å². The number of rotatable bonds is 6. The molecule has 0 aromatic rings. The molecular weight excluding hydrogens is 208 g/mol. The van der Waals surface area contributed by atoms with Crippen molar-refractivity contribution in [1.29, 1.82) is 0 Å². The highest BCUT2D eigenvalue weighted by Gasteiger charge is 2.45. The van der Waals surface area contributed by atoms with Crippen LogP contribution >= 0.6 is 0 Å². The molecule has 1 atom stereocenters. The van der Waals surface area contributed by atoms with E-state index in [1.165, 1.54) is 0 Å². The smallest absolute Gasteiger partial charge is 0.160 e. The average molecular weight is 234 g/mol. The second-order valence-electron chi connectivity index (χ2n) is 5.17. The molecule has 0 bridgehead atoms. The van der Waals surface area contributed by atoms with Crippen molar-refractivity contribution in [2.75, 3.05) is 0 Å². The van der Waals surface area contributed by atoms with E-state index < -0.39 is 19.3 Å². The van der Waals surface area contributed by atoms with Gasteiger partial charge in [-0.05, 0) is 40.0 Å². The fourth-order valence-corrected chi connectivity index (χ4v) is 4.45. The van der Waals surface area contributed by atoms with Crippen LogP contribution < -0.4 is 0 Å². The lowest BCUT2D eigenvalue weighted by Gasteiger charge is -2.36. The van der Waals surface area contributed by atoms with Crippen molar-refractivity contribution in [2.24, 2.45) is 0 Å². The summed E-state index contributed by atoms with van der Waals surface area (Å²) >= 11 is 0. The van der Waals surface area contributed by atoms with Crippen molar-refractivity contribution >= 4 is 9.84 Å². The first-order valence-electron chi connectivity index (χ1n) is 5.92. The average Bonchev–Trinajstić information content (AvgIpc) is 2.17. The molecule has 0 aliphatic rings. The van der Waals surface area contributed by atoms with Crippen molar-refractivity contribution in [2.45, 2.75) is 76.7 Å². The molecule has 1 unspecified atom stereocenters. The van der Waals surface area contributed by atoms with Crippen molar-refractivity contribution in [3.05, 3.63) is 0 Å². The normalized spacial score (nSPS) is 17.5. The second-order valence-corrected chi connectivity index (χ2v) is 8.27. The molecule has 0 aromatic heterocycles. The van der Waals surface area contributed by atoms with Gasteiger partial charge in [0, 0.05) is 0 Å². The molecule has 0 fully saturated rings. The molecule has 0 heterocycles. The van der Waals surface area contributed by atoms with Gasteiger partial charge in [0.15, 0.2) is 9.84 Å². The number of sulfone groups is 1. The molecule has 0 aliphatic carbocycles. The van der Waals surface area contributed by atoms with Crippen LogP contribution in [0, 0.1) is 0 Å². The van der Waals surface area contributed by atoms with Crippen LogP contribution in [0.1, 0.15) is 67.2 Å². The quantitative estimate of drug-likeness (QED) is 0.704. The lowest BCUT2D eigenvalue weighted by Crippen LogP contribution is -2.46. The van der Waals surface area contributed by atoms with Gasteiger partial charge in [-0.25, -0.2) is 8.42 Å². The van der Waals surface area contributed by atoms with Crippen LogP contribution in [0.15, 0.2) is 0 Å². The highest BCUT2D eigenvalue weighted by atomic mass is 32.2. The van der Waals surface area contributed by atoms with E-state index in [0.717, 1.165) is 12.8 Å². The third kappa shape index (κ3) is 2.55. The van der Waals surface area contributed by atoms with E-state index in [-0.39, 0.29) is 0 Å². The minimum Gasteiger partial charge on any atom is -0.228 e. The standard InChI is InChI=1S/C12H26O2S/c1-7-10-12(6,9-3)15(13,14)11(4,5)8-2/h7-10H2,1-6H3. The Bertz CT molecular complexity index is 291. The molecule has 0 aromatic carbocycles. The summed E-state index contributed by atoms with van der Waals surface area (Å²) in [7, 11) is -3.06. The van der Waals surface area contributed by atoms with E-state index in [0.29, 0.717) is 12.8 Å². The summed E-state index contributed by atoms with van der Waals surface area (Å²) in [5, 5.41) is 0. The van der Waals surface area contributed by atoms with Gasteiger partial charge in [0.1, 0.15) is 0 Å². The Balaban J connectivity index is 5.33. The van der Waals surface area contributed by atoms with Gasteiger partial charge in [0.05, 0.1) is 9.49 Å². The maximum atomic E-state index is 12.5. The van der Waals surface area contributed by atoms with Gasteiger partial charge in [-0.1, -0.05) is 27.2 Å². The van der Waals surface area contributed by atoms with Crippen LogP contribution in [0.2, 0.25) is 0 Å². The van der Waals surface area contributed by atoms with Gasteiger partial charge in [0.2, 0.25) is 0 Å². The molecule has 0 radical (unpaired) electrons. The fourth-order valence-electron chi connectivity index (χ4n) is 1.89. The monoisotopic (exact) mass is 234 g/mol. The highest BCUT2D eigenvalue weighted by molar-refractivity contribution is 7.94. The molecule has 0 saturated heterocycles. The minimum absolute atomic E-state index is 0.554. The van der Waals surface area contributed by atoms with Gasteiger partial charge < -0.3 is 0 Å². The van der Waals surface area contributed by atoms with Crippen molar-refractivity contribution < 1.29 is 8.42 Å². The zero-order chi connectivity index (χ0) is 12.3. The lowest BCUT2D eigenvalue weighted by molar-refractivity contribution is 0.456. The third-order valence-corrected chi connectivity index (χ3v) is 7.29. The number of hydrogen-bond donors (Lipinski definition) is 0. The minimum atomic E-state index is -3.06. The first-order valence-corrected chi connectivity index (χ1v) is 7.41. The van der Waals surface area contributed by atoms with E-state index in [1.807, 2.05) is 41.5 Å². The first kappa shape index (κ1) is 14.9. The van der Waals surface area contributed by atoms with Crippen molar-refractivity contribution in [1.82, 2.24) is 0 Å². The third-order valence-electron chi connectivity index (χ3n) is 3.75. The molecule has 0 rings (SSSR count). The highest BCUT2D eigenvalue weighted by Crippen LogP contribution is 2.37. The topological polar surface area (TPSA) is 34.1 Å². The summed E-state index contributed by atoms with van der Waals surface area (Å²) in [5.74, 6) is 0. The summed E-state index contributed by atoms with van der Waals surface area (Å²) in [4.78, 5) is 0. The molecule has 0 aliphatic heterocycles. The SMILES string of the molecule is CCCC(C)(CC)S(=O)(=O)C(C)(C)CC. The Labute approximate surface area is 95.4 Å². The zero-order valence-corrected chi connectivity index (χ0v) is 11.9. The van der Waals surface area contributed by atoms with Crippen LogP contribution in [-0.2, 0) is 9.84 Å². The number of hydrogen-bond acceptors (Lipinski definition) is 2. The van der Waals surface area contributed by atoms with Crippen LogP contribution in [-0.4, -0.2) is 17.9 Å². The first-order chi connectivity index (χ1) is 6.68. The molecule has 0 saturated carbocycles. The Hall–Kier alpha value is -0.0500. The predicted octanol–water partition coefficient (Wildman–Crippen LogP) is 3.56. The summed E-state index contributed by atoms with van der Waals surface area (Å²) in [6.45, 7) is 11.5. The lowest BCUT2D eigenvalue weighted by atomic mass is 10.0. The van der Waals surface area contributed by atoms with Crippen LogP contribution in [0.25, 0.3) is 0 Å². The van der Waals surface area contributed by atoms with E-state index in [9.17, 15) is 8.42 Å². The maximum Gasteiger partial charge on any atom is 0.160 e. The van der Waals surface area contributed by atoms with Crippen LogP contribution in [0.5, 0.6) is 0 Å². The van der Waals surface area contributed by atoms with E-state index >= 15 is 0 Å². The van der Waals surface area contributed by atoms with Gasteiger partial charge in [-0.15, -0.1) is 0 Å². The van der Waals surface area contributed by atoms with Gasteiger partial charge >= 0.3 is 0 Å². The molecule has 15 heavy (non-hydrogen) atoms. The summed E-state index contributed by atoms with van der Waals surface area (Å²) in [5.41, 5.74) is 0. The Morgan fingerprint density at radius 3 is 1.67 bits per heavy atom. The van der Waals surface area contributed by atoms with Crippen LogP contribution in [0.4, 0.5) is 0 Å². The summed E-state index contributed by atoms with van der Waals surface area (Å²) in [6.07, 6.45) is 3.06. The Morgan fingerprint density at radius 2 is 1.40 bits per heavy atom. The molecule has 3 heteroatoms. The fraction of sp³-hybridized carbons (Fsp3) is 1.00. The largest absolute Gasteiger partial charge is 0.228 e. The van der Waals surface area contributed by atoms with E-state index in [4.69, 9.17) is 0 Å². The van der Waals surface area contributed by atoms with Gasteiger partial charge in [0.25, 0.3) is 0 Å². The van der Waals surface area contributed by atoms with Crippen molar-refractivity contribution in [3.63, 3.8) is 0 Å². The second kappa shape index (κ2) is 4.86. The molecular formula is C12H26O2S. The molecule has 92 valence electrons. The van der Waals surface area contributed by atoms with Crippen molar-refractivity contribution in [3.8, 4) is 0 Å². The molecule has 0 N–H and O–H groups in total.